The van der Waals surface area contributed by atoms with Gasteiger partial charge in [0.25, 0.3) is 17.2 Å². The second kappa shape index (κ2) is 7.98. The summed E-state index contributed by atoms with van der Waals surface area (Å²) in [6.45, 7) is 2.77. The normalized spacial score (nSPS) is 11.9. The number of aryl methyl sites for hydroxylation is 2. The zero-order valence-corrected chi connectivity index (χ0v) is 16.9. The van der Waals surface area contributed by atoms with Gasteiger partial charge in [-0.3, -0.25) is 9.59 Å². The van der Waals surface area contributed by atoms with Crippen molar-refractivity contribution in [2.45, 2.75) is 39.6 Å². The first kappa shape index (κ1) is 21.3. The summed E-state index contributed by atoms with van der Waals surface area (Å²) in [5.74, 6) is -2.08. The van der Waals surface area contributed by atoms with Crippen LogP contribution in [0.1, 0.15) is 29.2 Å². The number of alkyl halides is 3. The molecule has 0 amide bonds. The number of carbonyl (C=O) groups excluding carboxylic acids is 1. The lowest BCUT2D eigenvalue weighted by atomic mass is 10.1. The standard InChI is InChI=1S/C19H16F3N7O3/c1-10-12(11(2)29-18(23-10)24-17(26-29)19(20,21)22)7-8-15(30)32-9-28-16(31)13-5-3-4-6-14(13)25-27-28/h3-6H,7-9H2,1-2H3. The molecule has 0 aliphatic rings. The summed E-state index contributed by atoms with van der Waals surface area (Å²) in [6.07, 6.45) is -4.63. The molecule has 166 valence electrons. The van der Waals surface area contributed by atoms with Gasteiger partial charge in [0.05, 0.1) is 5.39 Å². The Hall–Kier alpha value is -3.90. The minimum absolute atomic E-state index is 0.0918. The molecule has 0 saturated heterocycles. The molecule has 4 rings (SSSR count). The molecule has 0 aliphatic carbocycles. The fraction of sp³-hybridized carbons (Fsp3) is 0.316. The van der Waals surface area contributed by atoms with E-state index in [0.717, 1.165) is 9.20 Å². The molecule has 3 aromatic heterocycles. The summed E-state index contributed by atoms with van der Waals surface area (Å²) >= 11 is 0. The number of halogens is 3. The van der Waals surface area contributed by atoms with Gasteiger partial charge in [-0.05, 0) is 38.0 Å². The third kappa shape index (κ3) is 4.00. The van der Waals surface area contributed by atoms with E-state index in [1.165, 1.54) is 0 Å². The number of ether oxygens (including phenoxy) is 1. The summed E-state index contributed by atoms with van der Waals surface area (Å²) in [5.41, 5.74) is 1.35. The van der Waals surface area contributed by atoms with Gasteiger partial charge in [0.15, 0.2) is 6.73 Å². The molecular weight excluding hydrogens is 431 g/mol. The first-order chi connectivity index (χ1) is 15.1. The van der Waals surface area contributed by atoms with Crippen molar-refractivity contribution in [3.63, 3.8) is 0 Å². The Morgan fingerprint density at radius 3 is 2.66 bits per heavy atom. The molecule has 1 aromatic carbocycles. The lowest BCUT2D eigenvalue weighted by molar-refractivity contribution is -0.148. The van der Waals surface area contributed by atoms with E-state index in [1.807, 2.05) is 0 Å². The quantitative estimate of drug-likeness (QED) is 0.427. The van der Waals surface area contributed by atoms with Crippen LogP contribution in [0.3, 0.4) is 0 Å². The zero-order chi connectivity index (χ0) is 23.0. The van der Waals surface area contributed by atoms with Gasteiger partial charge in [-0.2, -0.15) is 22.8 Å². The predicted octanol–water partition coefficient (Wildman–Crippen LogP) is 2.00. The van der Waals surface area contributed by atoms with Gasteiger partial charge in [0.1, 0.15) is 5.52 Å². The number of benzene rings is 1. The Morgan fingerprint density at radius 1 is 1.16 bits per heavy atom. The van der Waals surface area contributed by atoms with Crippen LogP contribution < -0.4 is 5.56 Å². The number of rotatable bonds is 5. The lowest BCUT2D eigenvalue weighted by Crippen LogP contribution is -2.26. The van der Waals surface area contributed by atoms with Crippen molar-refractivity contribution in [1.82, 2.24) is 34.6 Å². The number of carbonyl (C=O) groups is 1. The van der Waals surface area contributed by atoms with Crippen molar-refractivity contribution < 1.29 is 22.7 Å². The van der Waals surface area contributed by atoms with Crippen molar-refractivity contribution in [2.24, 2.45) is 0 Å². The average molecular weight is 447 g/mol. The van der Waals surface area contributed by atoms with Crippen LogP contribution in [0.4, 0.5) is 13.2 Å². The van der Waals surface area contributed by atoms with E-state index in [-0.39, 0.29) is 18.6 Å². The Labute approximate surface area is 177 Å². The van der Waals surface area contributed by atoms with Crippen LogP contribution in [0.25, 0.3) is 16.7 Å². The number of aromatic nitrogens is 7. The molecule has 0 spiro atoms. The van der Waals surface area contributed by atoms with Crippen LogP contribution >= 0.6 is 0 Å². The smallest absolute Gasteiger partial charge is 0.442 e. The van der Waals surface area contributed by atoms with Gasteiger partial charge in [-0.1, -0.05) is 17.3 Å². The largest absolute Gasteiger partial charge is 0.453 e. The zero-order valence-electron chi connectivity index (χ0n) is 16.9. The number of esters is 1. The van der Waals surface area contributed by atoms with Crippen LogP contribution in [-0.2, 0) is 28.9 Å². The fourth-order valence-corrected chi connectivity index (χ4v) is 3.23. The first-order valence-electron chi connectivity index (χ1n) is 9.43. The maximum absolute atomic E-state index is 12.9. The van der Waals surface area contributed by atoms with Crippen LogP contribution in [0, 0.1) is 13.8 Å². The molecule has 4 aromatic rings. The van der Waals surface area contributed by atoms with Crippen LogP contribution in [-0.4, -0.2) is 40.5 Å². The molecule has 0 N–H and O–H groups in total. The number of fused-ring (bicyclic) bond motifs is 2. The maximum atomic E-state index is 12.9. The van der Waals surface area contributed by atoms with Gasteiger partial charge < -0.3 is 4.74 Å². The fourth-order valence-electron chi connectivity index (χ4n) is 3.23. The number of hydrogen-bond acceptors (Lipinski definition) is 8. The van der Waals surface area contributed by atoms with Crippen molar-refractivity contribution in [3.05, 3.63) is 57.4 Å². The van der Waals surface area contributed by atoms with Gasteiger partial charge in [0.2, 0.25) is 0 Å². The van der Waals surface area contributed by atoms with Crippen molar-refractivity contribution in [3.8, 4) is 0 Å². The Bertz CT molecular complexity index is 1390. The summed E-state index contributed by atoms with van der Waals surface area (Å²) in [4.78, 5) is 32.0. The SMILES string of the molecule is Cc1nc2nc(C(F)(F)F)nn2c(C)c1CCC(=O)OCn1nnc2ccccc2c1=O. The van der Waals surface area contributed by atoms with E-state index in [2.05, 4.69) is 25.4 Å². The topological polar surface area (TPSA) is 117 Å². The summed E-state index contributed by atoms with van der Waals surface area (Å²) < 4.78 is 45.7. The highest BCUT2D eigenvalue weighted by Gasteiger charge is 2.37. The number of hydrogen-bond donors (Lipinski definition) is 0. The molecule has 3 heterocycles. The third-order valence-electron chi connectivity index (χ3n) is 4.86. The van der Waals surface area contributed by atoms with Crippen molar-refractivity contribution in [2.75, 3.05) is 0 Å². The molecule has 0 radical (unpaired) electrons. The predicted molar refractivity (Wildman–Crippen MR) is 103 cm³/mol. The van der Waals surface area contributed by atoms with E-state index in [1.54, 1.807) is 38.1 Å². The molecule has 13 heteroatoms. The molecule has 0 aliphatic heterocycles. The number of nitrogens with zero attached hydrogens (tertiary/aromatic N) is 7. The summed E-state index contributed by atoms with van der Waals surface area (Å²) in [5, 5.41) is 11.5. The summed E-state index contributed by atoms with van der Waals surface area (Å²) in [6, 6.07) is 6.64. The van der Waals surface area contributed by atoms with Gasteiger partial charge in [-0.15, -0.1) is 10.2 Å². The van der Waals surface area contributed by atoms with Crippen LogP contribution in [0.2, 0.25) is 0 Å². The van der Waals surface area contributed by atoms with Crippen molar-refractivity contribution in [1.29, 1.82) is 0 Å². The van der Waals surface area contributed by atoms with E-state index >= 15 is 0 Å². The Morgan fingerprint density at radius 2 is 1.91 bits per heavy atom. The molecule has 0 unspecified atom stereocenters. The highest BCUT2D eigenvalue weighted by atomic mass is 19.4. The molecule has 32 heavy (non-hydrogen) atoms. The van der Waals surface area contributed by atoms with E-state index < -0.39 is 30.3 Å². The van der Waals surface area contributed by atoms with Gasteiger partial charge in [-0.25, -0.2) is 9.50 Å². The van der Waals surface area contributed by atoms with Crippen molar-refractivity contribution >= 4 is 22.6 Å². The Balaban J connectivity index is 1.46. The molecule has 0 bridgehead atoms. The minimum Gasteiger partial charge on any atom is -0.442 e. The molecular formula is C19H16F3N7O3. The summed E-state index contributed by atoms with van der Waals surface area (Å²) in [7, 11) is 0. The monoisotopic (exact) mass is 447 g/mol. The first-order valence-corrected chi connectivity index (χ1v) is 9.43. The second-order valence-electron chi connectivity index (χ2n) is 6.96. The molecule has 10 nitrogen and oxygen atoms in total. The average Bonchev–Trinajstić information content (AvgIpc) is 3.18. The second-order valence-corrected chi connectivity index (χ2v) is 6.96. The molecule has 0 atom stereocenters. The minimum atomic E-state index is -4.69. The van der Waals surface area contributed by atoms with E-state index in [9.17, 15) is 22.8 Å². The van der Waals surface area contributed by atoms with Gasteiger partial charge >= 0.3 is 12.1 Å². The highest BCUT2D eigenvalue weighted by molar-refractivity contribution is 5.76. The lowest BCUT2D eigenvalue weighted by Gasteiger charge is -2.10. The van der Waals surface area contributed by atoms with Crippen LogP contribution in [0.15, 0.2) is 29.1 Å². The molecule has 0 fully saturated rings. The van der Waals surface area contributed by atoms with Gasteiger partial charge in [0, 0.05) is 17.8 Å². The molecule has 0 saturated carbocycles. The van der Waals surface area contributed by atoms with E-state index in [0.29, 0.717) is 27.9 Å². The van der Waals surface area contributed by atoms with E-state index in [4.69, 9.17) is 4.74 Å². The highest BCUT2D eigenvalue weighted by Crippen LogP contribution is 2.27. The van der Waals surface area contributed by atoms with Crippen LogP contribution in [0.5, 0.6) is 0 Å². The Kier molecular flexibility index (Phi) is 5.32. The maximum Gasteiger partial charge on any atom is 0.453 e. The third-order valence-corrected chi connectivity index (χ3v) is 4.86.